The zero-order valence-corrected chi connectivity index (χ0v) is 12.1. The van der Waals surface area contributed by atoms with E-state index in [4.69, 9.17) is 0 Å². The number of carbonyl (C=O) groups is 1. The minimum atomic E-state index is 0.0502. The van der Waals surface area contributed by atoms with Gasteiger partial charge in [-0.25, -0.2) is 0 Å². The van der Waals surface area contributed by atoms with Crippen LogP contribution in [0, 0.1) is 11.8 Å². The molecule has 1 aliphatic carbocycles. The Hall–Kier alpha value is -1.77. The average Bonchev–Trinajstić information content (AvgIpc) is 2.87. The number of benzene rings is 1. The summed E-state index contributed by atoms with van der Waals surface area (Å²) in [6, 6.07) is 8.26. The van der Waals surface area contributed by atoms with Gasteiger partial charge in [-0.3, -0.25) is 4.79 Å². The van der Waals surface area contributed by atoms with E-state index in [-0.39, 0.29) is 5.91 Å². The van der Waals surface area contributed by atoms with Crippen molar-refractivity contribution in [2.75, 3.05) is 0 Å². The summed E-state index contributed by atoms with van der Waals surface area (Å²) in [5.41, 5.74) is 1.77. The Morgan fingerprint density at radius 2 is 2.00 bits per heavy atom. The van der Waals surface area contributed by atoms with E-state index in [0.29, 0.717) is 12.0 Å². The van der Waals surface area contributed by atoms with Gasteiger partial charge in [0.05, 0.1) is 5.56 Å². The molecule has 1 amide bonds. The molecule has 3 nitrogen and oxygen atoms in total. The van der Waals surface area contributed by atoms with E-state index in [0.717, 1.165) is 35.2 Å². The highest BCUT2D eigenvalue weighted by molar-refractivity contribution is 6.06. The third kappa shape index (κ3) is 2.45. The molecule has 3 rings (SSSR count). The highest BCUT2D eigenvalue weighted by atomic mass is 16.1. The van der Waals surface area contributed by atoms with Crippen LogP contribution in [-0.2, 0) is 0 Å². The fourth-order valence-electron chi connectivity index (χ4n) is 3.20. The second kappa shape index (κ2) is 5.31. The first kappa shape index (κ1) is 13.2. The van der Waals surface area contributed by atoms with Gasteiger partial charge in [-0.2, -0.15) is 0 Å². The molecular weight excluding hydrogens is 248 g/mol. The fraction of sp³-hybridized carbons (Fsp3) is 0.471. The Morgan fingerprint density at radius 3 is 2.80 bits per heavy atom. The van der Waals surface area contributed by atoms with Gasteiger partial charge in [-0.05, 0) is 37.2 Å². The molecule has 1 aromatic heterocycles. The summed E-state index contributed by atoms with van der Waals surface area (Å²) in [7, 11) is 0. The molecule has 1 heterocycles. The molecule has 0 aliphatic heterocycles. The maximum Gasteiger partial charge on any atom is 0.253 e. The van der Waals surface area contributed by atoms with Gasteiger partial charge in [0.1, 0.15) is 0 Å². The zero-order valence-electron chi connectivity index (χ0n) is 12.1. The van der Waals surface area contributed by atoms with Crippen molar-refractivity contribution in [1.29, 1.82) is 0 Å². The molecule has 1 aromatic carbocycles. The summed E-state index contributed by atoms with van der Waals surface area (Å²) >= 11 is 0. The van der Waals surface area contributed by atoms with E-state index in [1.165, 1.54) is 6.42 Å². The van der Waals surface area contributed by atoms with Crippen LogP contribution in [0.2, 0.25) is 0 Å². The molecule has 3 heteroatoms. The molecule has 0 bridgehead atoms. The van der Waals surface area contributed by atoms with Crippen molar-refractivity contribution < 1.29 is 4.79 Å². The summed E-state index contributed by atoms with van der Waals surface area (Å²) in [6.07, 6.45) is 5.21. The topological polar surface area (TPSA) is 44.9 Å². The van der Waals surface area contributed by atoms with Gasteiger partial charge in [0, 0.05) is 23.1 Å². The van der Waals surface area contributed by atoms with Crippen molar-refractivity contribution in [2.45, 2.75) is 39.2 Å². The molecule has 1 fully saturated rings. The Morgan fingerprint density at radius 1 is 1.20 bits per heavy atom. The second-order valence-electron chi connectivity index (χ2n) is 6.19. The van der Waals surface area contributed by atoms with E-state index in [9.17, 15) is 4.79 Å². The Bertz CT molecular complexity index is 616. The number of carbonyl (C=O) groups excluding carboxylic acids is 1. The lowest BCUT2D eigenvalue weighted by Gasteiger charge is -2.32. The van der Waals surface area contributed by atoms with E-state index in [1.54, 1.807) is 0 Å². The van der Waals surface area contributed by atoms with Gasteiger partial charge in [0.25, 0.3) is 5.91 Å². The third-order valence-corrected chi connectivity index (χ3v) is 4.77. The highest BCUT2D eigenvalue weighted by Gasteiger charge is 2.26. The van der Waals surface area contributed by atoms with Crippen molar-refractivity contribution >= 4 is 16.8 Å². The van der Waals surface area contributed by atoms with Gasteiger partial charge in [-0.1, -0.05) is 32.0 Å². The van der Waals surface area contributed by atoms with Gasteiger partial charge in [0.15, 0.2) is 0 Å². The van der Waals surface area contributed by atoms with Crippen LogP contribution in [0.1, 0.15) is 43.5 Å². The Balaban J connectivity index is 1.73. The number of hydrogen-bond donors (Lipinski definition) is 2. The third-order valence-electron chi connectivity index (χ3n) is 4.77. The lowest BCUT2D eigenvalue weighted by molar-refractivity contribution is 0.0912. The Labute approximate surface area is 119 Å². The zero-order chi connectivity index (χ0) is 14.1. The molecule has 0 saturated heterocycles. The van der Waals surface area contributed by atoms with Crippen LogP contribution >= 0.6 is 0 Å². The minimum absolute atomic E-state index is 0.0502. The number of aromatic nitrogens is 1. The van der Waals surface area contributed by atoms with Gasteiger partial charge < -0.3 is 10.3 Å². The van der Waals surface area contributed by atoms with Crippen molar-refractivity contribution in [2.24, 2.45) is 11.8 Å². The molecule has 3 unspecified atom stereocenters. The van der Waals surface area contributed by atoms with Crippen molar-refractivity contribution in [1.82, 2.24) is 10.3 Å². The van der Waals surface area contributed by atoms with Gasteiger partial charge >= 0.3 is 0 Å². The van der Waals surface area contributed by atoms with Crippen LogP contribution in [0.25, 0.3) is 10.9 Å². The quantitative estimate of drug-likeness (QED) is 0.858. The number of para-hydroxylation sites is 1. The largest absolute Gasteiger partial charge is 0.360 e. The first-order valence-electron chi connectivity index (χ1n) is 7.52. The summed E-state index contributed by atoms with van der Waals surface area (Å²) in [4.78, 5) is 15.6. The van der Waals surface area contributed by atoms with Crippen LogP contribution in [-0.4, -0.2) is 16.9 Å². The highest BCUT2D eigenvalue weighted by Crippen LogP contribution is 2.29. The molecule has 2 aromatic rings. The number of aromatic amines is 1. The number of amides is 1. The van der Waals surface area contributed by atoms with Crippen LogP contribution in [0.15, 0.2) is 30.5 Å². The van der Waals surface area contributed by atoms with Gasteiger partial charge in [0.2, 0.25) is 0 Å². The van der Waals surface area contributed by atoms with E-state index >= 15 is 0 Å². The number of H-pyrrole nitrogens is 1. The first-order valence-corrected chi connectivity index (χ1v) is 7.52. The van der Waals surface area contributed by atoms with E-state index in [2.05, 4.69) is 24.1 Å². The number of hydrogen-bond acceptors (Lipinski definition) is 1. The number of rotatable bonds is 2. The fourth-order valence-corrected chi connectivity index (χ4v) is 3.20. The lowest BCUT2D eigenvalue weighted by atomic mass is 9.79. The van der Waals surface area contributed by atoms with E-state index < -0.39 is 0 Å². The molecular formula is C17H22N2O. The lowest BCUT2D eigenvalue weighted by Crippen LogP contribution is -2.39. The molecule has 0 spiro atoms. The maximum atomic E-state index is 12.4. The summed E-state index contributed by atoms with van der Waals surface area (Å²) in [6.45, 7) is 4.59. The summed E-state index contributed by atoms with van der Waals surface area (Å²) in [5.74, 6) is 1.52. The molecule has 1 saturated carbocycles. The van der Waals surface area contributed by atoms with E-state index in [1.807, 2.05) is 30.5 Å². The van der Waals surface area contributed by atoms with Gasteiger partial charge in [-0.15, -0.1) is 0 Å². The van der Waals surface area contributed by atoms with Crippen LogP contribution in [0.5, 0.6) is 0 Å². The predicted octanol–water partition coefficient (Wildman–Crippen LogP) is 3.72. The average molecular weight is 270 g/mol. The molecule has 3 atom stereocenters. The molecule has 0 radical (unpaired) electrons. The molecule has 106 valence electrons. The number of nitrogens with one attached hydrogen (secondary N) is 2. The minimum Gasteiger partial charge on any atom is -0.360 e. The maximum absolute atomic E-state index is 12.4. The molecule has 2 N–H and O–H groups in total. The molecule has 20 heavy (non-hydrogen) atoms. The smallest absolute Gasteiger partial charge is 0.253 e. The number of fused-ring (bicyclic) bond motifs is 1. The molecule has 1 aliphatic rings. The standard InChI is InChI=1S/C17H22N2O/c1-11-7-8-13(9-12(11)2)19-17(20)15-10-18-16-6-4-3-5-14(15)16/h3-6,10-13,18H,7-9H2,1-2H3,(H,19,20). The van der Waals surface area contributed by atoms with Crippen LogP contribution < -0.4 is 5.32 Å². The predicted molar refractivity (Wildman–Crippen MR) is 81.7 cm³/mol. The monoisotopic (exact) mass is 270 g/mol. The first-order chi connectivity index (χ1) is 9.65. The normalized spacial score (nSPS) is 26.6. The van der Waals surface area contributed by atoms with Crippen molar-refractivity contribution in [3.63, 3.8) is 0 Å². The summed E-state index contributed by atoms with van der Waals surface area (Å²) < 4.78 is 0. The van der Waals surface area contributed by atoms with Crippen molar-refractivity contribution in [3.8, 4) is 0 Å². The van der Waals surface area contributed by atoms with Crippen LogP contribution in [0.4, 0.5) is 0 Å². The second-order valence-corrected chi connectivity index (χ2v) is 6.19. The Kier molecular flexibility index (Phi) is 3.51. The van der Waals surface area contributed by atoms with Crippen molar-refractivity contribution in [3.05, 3.63) is 36.0 Å². The van der Waals surface area contributed by atoms with Crippen LogP contribution in [0.3, 0.4) is 0 Å². The SMILES string of the molecule is CC1CCC(NC(=O)c2c[nH]c3ccccc23)CC1C. The summed E-state index contributed by atoms with van der Waals surface area (Å²) in [5, 5.41) is 4.21.